The van der Waals surface area contributed by atoms with Crippen molar-refractivity contribution in [1.29, 1.82) is 0 Å². The Labute approximate surface area is 177 Å². The molecule has 0 aliphatic rings. The van der Waals surface area contributed by atoms with Crippen molar-refractivity contribution in [2.75, 3.05) is 4.90 Å². The Morgan fingerprint density at radius 2 is 1.17 bits per heavy atom. The molecule has 0 saturated heterocycles. The molecule has 3 aromatic carbocycles. The van der Waals surface area contributed by atoms with Crippen molar-refractivity contribution in [2.24, 2.45) is 11.8 Å². The predicted molar refractivity (Wildman–Crippen MR) is 119 cm³/mol. The van der Waals surface area contributed by atoms with Crippen LogP contribution >= 0.6 is 0 Å². The Balaban J connectivity index is 2.14. The van der Waals surface area contributed by atoms with E-state index in [-0.39, 0.29) is 5.78 Å². The van der Waals surface area contributed by atoms with Gasteiger partial charge in [-0.05, 0) is 29.8 Å². The number of Topliss-reactive ketones (excluding diaryl/α,β-unsaturated/α-hetero) is 1. The minimum Gasteiger partial charge on any atom is -0.303 e. The van der Waals surface area contributed by atoms with E-state index in [4.69, 9.17) is 0 Å². The summed E-state index contributed by atoms with van der Waals surface area (Å²) in [4.78, 5) is 40.8. The summed E-state index contributed by atoms with van der Waals surface area (Å²) in [6.07, 6.45) is 0.715. The number of carbonyl (C=O) groups excluding carboxylic acids is 3. The molecule has 0 aromatic heterocycles. The van der Waals surface area contributed by atoms with E-state index in [0.717, 1.165) is 0 Å². The summed E-state index contributed by atoms with van der Waals surface area (Å²) < 4.78 is 0. The average molecular weight is 399 g/mol. The molecule has 0 aliphatic heterocycles. The van der Waals surface area contributed by atoms with Gasteiger partial charge in [-0.1, -0.05) is 80.6 Å². The summed E-state index contributed by atoms with van der Waals surface area (Å²) in [5.41, 5.74) is 1.95. The maximum Gasteiger partial charge on any atom is 0.243 e. The highest BCUT2D eigenvalue weighted by atomic mass is 16.2. The van der Waals surface area contributed by atoms with Crippen LogP contribution in [-0.2, 0) is 14.4 Å². The zero-order valence-corrected chi connectivity index (χ0v) is 17.1. The Morgan fingerprint density at radius 3 is 1.57 bits per heavy atom. The van der Waals surface area contributed by atoms with Crippen LogP contribution in [0.25, 0.3) is 0 Å². The first-order valence-corrected chi connectivity index (χ1v) is 10.0. The molecule has 1 amide bonds. The Bertz CT molecular complexity index is 945. The molecule has 2 atom stereocenters. The zero-order chi connectivity index (χ0) is 21.5. The molecule has 0 heterocycles. The van der Waals surface area contributed by atoms with Gasteiger partial charge in [-0.3, -0.25) is 14.5 Å². The number of hydrogen-bond acceptors (Lipinski definition) is 3. The van der Waals surface area contributed by atoms with E-state index >= 15 is 0 Å². The van der Waals surface area contributed by atoms with Gasteiger partial charge >= 0.3 is 0 Å². The van der Waals surface area contributed by atoms with Crippen LogP contribution < -0.4 is 4.90 Å². The van der Waals surface area contributed by atoms with Crippen LogP contribution in [0.3, 0.4) is 0 Å². The van der Waals surface area contributed by atoms with E-state index in [2.05, 4.69) is 0 Å². The third-order valence-corrected chi connectivity index (χ3v) is 5.08. The Kier molecular flexibility index (Phi) is 6.91. The van der Waals surface area contributed by atoms with Gasteiger partial charge in [-0.15, -0.1) is 0 Å². The summed E-state index contributed by atoms with van der Waals surface area (Å²) >= 11 is 0. The van der Waals surface area contributed by atoms with Crippen molar-refractivity contribution in [1.82, 2.24) is 0 Å². The largest absolute Gasteiger partial charge is 0.303 e. The molecule has 3 rings (SSSR count). The van der Waals surface area contributed by atoms with E-state index in [1.807, 2.05) is 66.7 Å². The first-order chi connectivity index (χ1) is 14.5. The van der Waals surface area contributed by atoms with Crippen LogP contribution in [0.2, 0.25) is 0 Å². The quantitative estimate of drug-likeness (QED) is 0.388. The van der Waals surface area contributed by atoms with Crippen molar-refractivity contribution in [2.45, 2.75) is 19.8 Å². The molecule has 0 saturated carbocycles. The van der Waals surface area contributed by atoms with E-state index in [9.17, 15) is 14.4 Å². The highest BCUT2D eigenvalue weighted by Gasteiger charge is 2.40. The molecule has 0 bridgehead atoms. The number of ketones is 1. The molecule has 0 fully saturated rings. The highest BCUT2D eigenvalue weighted by Crippen LogP contribution is 2.33. The van der Waals surface area contributed by atoms with Crippen LogP contribution in [0, 0.1) is 11.8 Å². The van der Waals surface area contributed by atoms with E-state index in [1.54, 1.807) is 38.1 Å². The lowest BCUT2D eigenvalue weighted by Gasteiger charge is -2.30. The van der Waals surface area contributed by atoms with Crippen LogP contribution in [0.4, 0.5) is 11.4 Å². The van der Waals surface area contributed by atoms with Gasteiger partial charge in [-0.25, -0.2) is 0 Å². The Morgan fingerprint density at radius 1 is 0.733 bits per heavy atom. The second kappa shape index (κ2) is 9.79. The van der Waals surface area contributed by atoms with Crippen molar-refractivity contribution in [3.05, 3.63) is 96.6 Å². The molecule has 152 valence electrons. The number of carbonyl (C=O) groups is 3. The molecule has 0 aliphatic carbocycles. The minimum atomic E-state index is -1.12. The smallest absolute Gasteiger partial charge is 0.243 e. The predicted octanol–water partition coefficient (Wildman–Crippen LogP) is 5.18. The van der Waals surface area contributed by atoms with Gasteiger partial charge in [0.15, 0.2) is 0 Å². The van der Waals surface area contributed by atoms with Gasteiger partial charge in [0.1, 0.15) is 18.0 Å². The van der Waals surface area contributed by atoms with Crippen molar-refractivity contribution in [3.63, 3.8) is 0 Å². The lowest BCUT2D eigenvalue weighted by molar-refractivity contribution is -0.136. The summed E-state index contributed by atoms with van der Waals surface area (Å²) in [6.45, 7) is 3.51. The molecule has 0 spiro atoms. The number of para-hydroxylation sites is 2. The lowest BCUT2D eigenvalue weighted by Crippen LogP contribution is -2.42. The number of nitrogens with zero attached hydrogens (tertiary/aromatic N) is 1. The second-order valence-electron chi connectivity index (χ2n) is 7.45. The van der Waals surface area contributed by atoms with Gasteiger partial charge in [-0.2, -0.15) is 0 Å². The number of amides is 1. The molecule has 0 radical (unpaired) electrons. The number of anilines is 2. The average Bonchev–Trinajstić information content (AvgIpc) is 2.79. The SMILES string of the molecule is CC(C)C(=O)[C@H](C(=O)N(c1ccccc1)c1ccccc1)[C@H](C=O)c1ccccc1. The van der Waals surface area contributed by atoms with Crippen molar-refractivity contribution in [3.8, 4) is 0 Å². The molecule has 30 heavy (non-hydrogen) atoms. The summed E-state index contributed by atoms with van der Waals surface area (Å²) in [7, 11) is 0. The number of benzene rings is 3. The molecule has 0 N–H and O–H groups in total. The number of hydrogen-bond donors (Lipinski definition) is 0. The minimum absolute atomic E-state index is 0.252. The van der Waals surface area contributed by atoms with Crippen LogP contribution in [-0.4, -0.2) is 18.0 Å². The monoisotopic (exact) mass is 399 g/mol. The molecule has 0 unspecified atom stereocenters. The van der Waals surface area contributed by atoms with Gasteiger partial charge in [0.2, 0.25) is 5.91 Å². The fourth-order valence-corrected chi connectivity index (χ4v) is 3.53. The highest BCUT2D eigenvalue weighted by molar-refractivity contribution is 6.14. The molecular formula is C26H25NO3. The molecule has 4 nitrogen and oxygen atoms in total. The van der Waals surface area contributed by atoms with Gasteiger partial charge < -0.3 is 4.79 Å². The summed E-state index contributed by atoms with van der Waals surface area (Å²) in [5, 5.41) is 0. The summed E-state index contributed by atoms with van der Waals surface area (Å²) in [5.74, 6) is -3.03. The third kappa shape index (κ3) is 4.54. The van der Waals surface area contributed by atoms with Crippen LogP contribution in [0.1, 0.15) is 25.3 Å². The zero-order valence-electron chi connectivity index (χ0n) is 17.1. The van der Waals surface area contributed by atoms with Crippen LogP contribution in [0.5, 0.6) is 0 Å². The van der Waals surface area contributed by atoms with E-state index in [1.165, 1.54) is 4.90 Å². The molecule has 4 heteroatoms. The standard InChI is InChI=1S/C26H25NO3/c1-19(2)25(29)24(23(18-28)20-12-6-3-7-13-20)26(30)27(21-14-8-4-9-15-21)22-16-10-5-11-17-22/h3-19,23-24H,1-2H3/t23-,24-/m1/s1. The summed E-state index contributed by atoms with van der Waals surface area (Å²) in [6, 6.07) is 27.4. The van der Waals surface area contributed by atoms with Crippen molar-refractivity contribution < 1.29 is 14.4 Å². The van der Waals surface area contributed by atoms with Crippen LogP contribution in [0.15, 0.2) is 91.0 Å². The number of aldehydes is 1. The van der Waals surface area contributed by atoms with Crippen molar-refractivity contribution >= 4 is 29.4 Å². The van der Waals surface area contributed by atoms with E-state index in [0.29, 0.717) is 23.2 Å². The first-order valence-electron chi connectivity index (χ1n) is 10.0. The second-order valence-corrected chi connectivity index (χ2v) is 7.45. The lowest BCUT2D eigenvalue weighted by atomic mass is 9.79. The number of rotatable bonds is 8. The maximum absolute atomic E-state index is 13.9. The maximum atomic E-state index is 13.9. The van der Waals surface area contributed by atoms with Gasteiger partial charge in [0.25, 0.3) is 0 Å². The normalized spacial score (nSPS) is 12.8. The van der Waals surface area contributed by atoms with Gasteiger partial charge in [0, 0.05) is 17.3 Å². The van der Waals surface area contributed by atoms with E-state index < -0.39 is 23.7 Å². The third-order valence-electron chi connectivity index (χ3n) is 5.08. The fourth-order valence-electron chi connectivity index (χ4n) is 3.53. The van der Waals surface area contributed by atoms with Gasteiger partial charge in [0.05, 0.1) is 5.92 Å². The topological polar surface area (TPSA) is 54.5 Å². The molecular weight excluding hydrogens is 374 g/mol. The first kappa shape index (κ1) is 21.2. The fraction of sp³-hybridized carbons (Fsp3) is 0.192. The Hall–Kier alpha value is -3.53. The molecule has 3 aromatic rings.